The van der Waals surface area contributed by atoms with Crippen molar-refractivity contribution < 1.29 is 28.7 Å². The number of para-hydroxylation sites is 1. The van der Waals surface area contributed by atoms with E-state index in [0.29, 0.717) is 17.0 Å². The van der Waals surface area contributed by atoms with Gasteiger partial charge in [-0.1, -0.05) is 17.3 Å². The summed E-state index contributed by atoms with van der Waals surface area (Å²) in [6, 6.07) is 13.6. The third-order valence-electron chi connectivity index (χ3n) is 4.23. The average molecular weight is 397 g/mol. The van der Waals surface area contributed by atoms with Crippen LogP contribution in [0.2, 0.25) is 0 Å². The van der Waals surface area contributed by atoms with Gasteiger partial charge in [-0.3, -0.25) is 9.59 Å². The predicted molar refractivity (Wildman–Crippen MR) is 99.8 cm³/mol. The molecule has 0 saturated heterocycles. The number of oxime groups is 1. The van der Waals surface area contributed by atoms with Gasteiger partial charge in [0, 0.05) is 17.7 Å². The highest BCUT2D eigenvalue weighted by atomic mass is 19.1. The Kier molecular flexibility index (Phi) is 5.74. The molecule has 29 heavy (non-hydrogen) atoms. The Morgan fingerprint density at radius 3 is 2.69 bits per heavy atom. The van der Waals surface area contributed by atoms with Crippen LogP contribution in [0, 0.1) is 17.1 Å². The Balaban J connectivity index is 1.84. The van der Waals surface area contributed by atoms with Gasteiger partial charge in [-0.15, -0.1) is 0 Å². The molecule has 0 radical (unpaired) electrons. The number of hydrogen-bond acceptors (Lipinski definition) is 6. The predicted octanol–water partition coefficient (Wildman–Crippen LogP) is 2.70. The van der Waals surface area contributed by atoms with Gasteiger partial charge in [0.2, 0.25) is 5.60 Å². The molecule has 8 nitrogen and oxygen atoms in total. The van der Waals surface area contributed by atoms with Crippen molar-refractivity contribution in [2.75, 3.05) is 11.9 Å². The SMILES string of the molecule is N#CCOc1ccccc1C1=NO[C@](CC(=O)O)(C(=O)Nc2ccc(F)cc2)C1. The van der Waals surface area contributed by atoms with Crippen molar-refractivity contribution in [3.63, 3.8) is 0 Å². The number of benzene rings is 2. The van der Waals surface area contributed by atoms with Crippen molar-refractivity contribution in [3.05, 3.63) is 59.9 Å². The summed E-state index contributed by atoms with van der Waals surface area (Å²) >= 11 is 0. The number of carbonyl (C=O) groups is 2. The molecule has 0 fully saturated rings. The fourth-order valence-electron chi connectivity index (χ4n) is 2.88. The van der Waals surface area contributed by atoms with Gasteiger partial charge in [-0.2, -0.15) is 5.26 Å². The van der Waals surface area contributed by atoms with Crippen LogP contribution in [0.4, 0.5) is 10.1 Å². The van der Waals surface area contributed by atoms with Crippen LogP contribution in [0.25, 0.3) is 0 Å². The Hall–Kier alpha value is -3.93. The smallest absolute Gasteiger partial charge is 0.308 e. The molecule has 2 N–H and O–H groups in total. The molecule has 0 aliphatic carbocycles. The van der Waals surface area contributed by atoms with Gasteiger partial charge in [0.15, 0.2) is 6.61 Å². The van der Waals surface area contributed by atoms with E-state index in [-0.39, 0.29) is 18.7 Å². The van der Waals surface area contributed by atoms with Crippen LogP contribution < -0.4 is 10.1 Å². The van der Waals surface area contributed by atoms with Crippen LogP contribution in [0.3, 0.4) is 0 Å². The van der Waals surface area contributed by atoms with E-state index in [9.17, 15) is 19.1 Å². The van der Waals surface area contributed by atoms with E-state index < -0.39 is 29.7 Å². The lowest BCUT2D eigenvalue weighted by molar-refractivity contribution is -0.152. The number of rotatable bonds is 7. The summed E-state index contributed by atoms with van der Waals surface area (Å²) < 4.78 is 18.4. The van der Waals surface area contributed by atoms with E-state index in [0.717, 1.165) is 0 Å². The first-order chi connectivity index (χ1) is 13.9. The Morgan fingerprint density at radius 2 is 2.00 bits per heavy atom. The summed E-state index contributed by atoms with van der Waals surface area (Å²) in [5.41, 5.74) is -0.688. The lowest BCUT2D eigenvalue weighted by Gasteiger charge is -2.23. The molecule has 9 heteroatoms. The molecular formula is C20H16FN3O5. The first kappa shape index (κ1) is 19.8. The monoisotopic (exact) mass is 397 g/mol. The maximum absolute atomic E-state index is 13.1. The zero-order valence-electron chi connectivity index (χ0n) is 15.1. The van der Waals surface area contributed by atoms with E-state index in [4.69, 9.17) is 14.8 Å². The second-order valence-corrected chi connectivity index (χ2v) is 6.27. The van der Waals surface area contributed by atoms with Crippen LogP contribution in [0.5, 0.6) is 5.75 Å². The summed E-state index contributed by atoms with van der Waals surface area (Å²) in [6.45, 7) is -0.184. The minimum atomic E-state index is -1.78. The number of anilines is 1. The molecule has 0 bridgehead atoms. The lowest BCUT2D eigenvalue weighted by Crippen LogP contribution is -2.45. The van der Waals surface area contributed by atoms with Crippen LogP contribution in [-0.2, 0) is 14.4 Å². The van der Waals surface area contributed by atoms with Gasteiger partial charge < -0.3 is 20.0 Å². The fraction of sp³-hybridized carbons (Fsp3) is 0.200. The normalized spacial score (nSPS) is 17.6. The van der Waals surface area contributed by atoms with Gasteiger partial charge in [0.1, 0.15) is 17.6 Å². The minimum absolute atomic E-state index is 0.126. The molecule has 2 aromatic carbocycles. The van der Waals surface area contributed by atoms with Gasteiger partial charge in [-0.25, -0.2) is 4.39 Å². The topological polar surface area (TPSA) is 121 Å². The van der Waals surface area contributed by atoms with E-state index in [2.05, 4.69) is 10.5 Å². The van der Waals surface area contributed by atoms with Crippen molar-refractivity contribution in [3.8, 4) is 11.8 Å². The minimum Gasteiger partial charge on any atom is -0.481 e. The molecule has 1 atom stereocenters. The van der Waals surface area contributed by atoms with Crippen LogP contribution >= 0.6 is 0 Å². The first-order valence-corrected chi connectivity index (χ1v) is 8.56. The molecule has 0 spiro atoms. The number of nitriles is 1. The third-order valence-corrected chi connectivity index (χ3v) is 4.23. The van der Waals surface area contributed by atoms with Crippen LogP contribution in [0.1, 0.15) is 18.4 Å². The molecule has 0 unspecified atom stereocenters. The van der Waals surface area contributed by atoms with E-state index in [1.165, 1.54) is 24.3 Å². The zero-order chi connectivity index (χ0) is 20.9. The molecule has 1 heterocycles. The molecule has 3 rings (SSSR count). The number of nitrogens with zero attached hydrogens (tertiary/aromatic N) is 2. The number of carbonyl (C=O) groups excluding carboxylic acids is 1. The van der Waals surface area contributed by atoms with Gasteiger partial charge in [0.25, 0.3) is 5.91 Å². The number of aliphatic carboxylic acids is 1. The number of nitrogens with one attached hydrogen (secondary N) is 1. The molecule has 0 saturated carbocycles. The molecule has 148 valence electrons. The van der Waals surface area contributed by atoms with Crippen molar-refractivity contribution >= 4 is 23.3 Å². The number of amides is 1. The molecule has 0 aromatic heterocycles. The summed E-state index contributed by atoms with van der Waals surface area (Å²) in [5.74, 6) is -2.08. The number of halogens is 1. The second kappa shape index (κ2) is 8.39. The number of carboxylic acid groups (broad SMARTS) is 1. The standard InChI is InChI=1S/C20H16FN3O5/c21-13-5-7-14(8-6-13)23-19(27)20(12-18(25)26)11-16(24-29-20)15-3-1-2-4-17(15)28-10-9-22/h1-8H,10-12H2,(H,23,27)(H,25,26)/t20-/m1/s1. The Morgan fingerprint density at radius 1 is 1.28 bits per heavy atom. The number of ether oxygens (including phenoxy) is 1. The highest BCUT2D eigenvalue weighted by molar-refractivity contribution is 6.10. The van der Waals surface area contributed by atoms with Gasteiger partial charge in [-0.05, 0) is 36.4 Å². The van der Waals surface area contributed by atoms with E-state index in [1.54, 1.807) is 24.3 Å². The number of hydrogen-bond donors (Lipinski definition) is 2. The quantitative estimate of drug-likeness (QED) is 0.741. The van der Waals surface area contributed by atoms with Crippen LogP contribution in [0.15, 0.2) is 53.7 Å². The first-order valence-electron chi connectivity index (χ1n) is 8.56. The maximum atomic E-state index is 13.1. The molecule has 1 amide bonds. The highest BCUT2D eigenvalue weighted by Crippen LogP contribution is 2.34. The van der Waals surface area contributed by atoms with E-state index in [1.807, 2.05) is 6.07 Å². The lowest BCUT2D eigenvalue weighted by atomic mass is 9.89. The molecule has 2 aromatic rings. The highest BCUT2D eigenvalue weighted by Gasteiger charge is 2.49. The summed E-state index contributed by atoms with van der Waals surface area (Å²) in [6.07, 6.45) is -0.756. The van der Waals surface area contributed by atoms with E-state index >= 15 is 0 Å². The number of carboxylic acids is 1. The average Bonchev–Trinajstić information content (AvgIpc) is 3.13. The van der Waals surface area contributed by atoms with Crippen molar-refractivity contribution in [1.29, 1.82) is 5.26 Å². The van der Waals surface area contributed by atoms with Crippen molar-refractivity contribution in [2.24, 2.45) is 5.16 Å². The zero-order valence-corrected chi connectivity index (χ0v) is 15.1. The van der Waals surface area contributed by atoms with Crippen molar-refractivity contribution in [2.45, 2.75) is 18.4 Å². The molecule has 1 aliphatic heterocycles. The maximum Gasteiger partial charge on any atom is 0.308 e. The van der Waals surface area contributed by atoms with Crippen LogP contribution in [-0.4, -0.2) is 34.9 Å². The summed E-state index contributed by atoms with van der Waals surface area (Å²) in [7, 11) is 0. The largest absolute Gasteiger partial charge is 0.481 e. The Labute approximate surface area is 165 Å². The third kappa shape index (κ3) is 4.50. The second-order valence-electron chi connectivity index (χ2n) is 6.27. The Bertz CT molecular complexity index is 1000. The molecule has 1 aliphatic rings. The van der Waals surface area contributed by atoms with Crippen molar-refractivity contribution in [1.82, 2.24) is 0 Å². The molecular weight excluding hydrogens is 381 g/mol. The fourth-order valence-corrected chi connectivity index (χ4v) is 2.88. The van der Waals surface area contributed by atoms with Gasteiger partial charge >= 0.3 is 5.97 Å². The van der Waals surface area contributed by atoms with Gasteiger partial charge in [0.05, 0.1) is 12.1 Å². The summed E-state index contributed by atoms with van der Waals surface area (Å²) in [5, 5.41) is 24.5. The summed E-state index contributed by atoms with van der Waals surface area (Å²) in [4.78, 5) is 29.6.